The molecule has 6 heteroatoms. The molecule has 1 heterocycles. The van der Waals surface area contributed by atoms with Crippen LogP contribution in [0.25, 0.3) is 0 Å². The molecule has 152 valence electrons. The molecule has 0 bridgehead atoms. The SMILES string of the molecule is CC(C)c1ccc(N2CCN(c3ccc(NC(=O)/C=C\C(=O)O)cc3)CC2)cc1. The van der Waals surface area contributed by atoms with Crippen LogP contribution in [-0.2, 0) is 9.59 Å². The van der Waals surface area contributed by atoms with Gasteiger partial charge < -0.3 is 20.2 Å². The quantitative estimate of drug-likeness (QED) is 0.732. The number of aliphatic carboxylic acids is 1. The number of benzene rings is 2. The van der Waals surface area contributed by atoms with Crippen LogP contribution in [0.5, 0.6) is 0 Å². The van der Waals surface area contributed by atoms with Crippen LogP contribution in [0.4, 0.5) is 17.1 Å². The monoisotopic (exact) mass is 393 g/mol. The highest BCUT2D eigenvalue weighted by molar-refractivity contribution is 6.02. The standard InChI is InChI=1S/C23H27N3O3/c1-17(2)18-3-7-20(8-4-18)25-13-15-26(16-14-25)21-9-5-19(6-10-21)24-22(27)11-12-23(28)29/h3-12,17H,13-16H2,1-2H3,(H,24,27)(H,28,29)/b12-11-. The van der Waals surface area contributed by atoms with E-state index in [1.165, 1.54) is 11.3 Å². The molecule has 3 rings (SSSR count). The third-order valence-corrected chi connectivity index (χ3v) is 5.08. The zero-order valence-electron chi connectivity index (χ0n) is 16.8. The van der Waals surface area contributed by atoms with Gasteiger partial charge in [-0.3, -0.25) is 4.79 Å². The smallest absolute Gasteiger partial charge is 0.328 e. The van der Waals surface area contributed by atoms with Gasteiger partial charge in [0.1, 0.15) is 0 Å². The molecular formula is C23H27N3O3. The molecule has 0 aliphatic carbocycles. The molecule has 1 aliphatic heterocycles. The molecule has 1 fully saturated rings. The summed E-state index contributed by atoms with van der Waals surface area (Å²) in [6.45, 7) is 8.19. The van der Waals surface area contributed by atoms with Gasteiger partial charge in [0.15, 0.2) is 0 Å². The minimum atomic E-state index is -1.15. The number of rotatable bonds is 6. The number of carbonyl (C=O) groups is 2. The normalized spacial score (nSPS) is 14.4. The molecule has 0 unspecified atom stereocenters. The molecule has 2 aromatic carbocycles. The van der Waals surface area contributed by atoms with Crippen molar-refractivity contribution >= 4 is 28.9 Å². The lowest BCUT2D eigenvalue weighted by Gasteiger charge is -2.37. The van der Waals surface area contributed by atoms with Gasteiger partial charge in [0, 0.05) is 55.4 Å². The topological polar surface area (TPSA) is 72.9 Å². The van der Waals surface area contributed by atoms with E-state index < -0.39 is 11.9 Å². The maximum Gasteiger partial charge on any atom is 0.328 e. The first-order chi connectivity index (χ1) is 13.9. The molecule has 0 radical (unpaired) electrons. The Bertz CT molecular complexity index is 865. The highest BCUT2D eigenvalue weighted by Crippen LogP contribution is 2.24. The molecule has 1 amide bonds. The molecule has 2 aromatic rings. The van der Waals surface area contributed by atoms with Gasteiger partial charge in [-0.05, 0) is 47.9 Å². The minimum Gasteiger partial charge on any atom is -0.478 e. The second kappa shape index (κ2) is 9.28. The number of hydrogen-bond donors (Lipinski definition) is 2. The lowest BCUT2D eigenvalue weighted by molar-refractivity contribution is -0.131. The highest BCUT2D eigenvalue weighted by atomic mass is 16.4. The molecule has 0 spiro atoms. The van der Waals surface area contributed by atoms with E-state index in [0.29, 0.717) is 11.6 Å². The molecule has 1 aliphatic rings. The van der Waals surface area contributed by atoms with E-state index in [9.17, 15) is 9.59 Å². The third-order valence-electron chi connectivity index (χ3n) is 5.08. The number of nitrogens with one attached hydrogen (secondary N) is 1. The predicted octanol–water partition coefficient (Wildman–Crippen LogP) is 3.72. The van der Waals surface area contributed by atoms with Gasteiger partial charge in [-0.1, -0.05) is 26.0 Å². The van der Waals surface area contributed by atoms with Gasteiger partial charge in [-0.25, -0.2) is 4.79 Å². The van der Waals surface area contributed by atoms with Crippen molar-refractivity contribution in [1.29, 1.82) is 0 Å². The number of piperazine rings is 1. The van der Waals surface area contributed by atoms with Gasteiger partial charge in [-0.2, -0.15) is 0 Å². The van der Waals surface area contributed by atoms with Crippen molar-refractivity contribution in [2.24, 2.45) is 0 Å². The molecule has 0 saturated carbocycles. The first kappa shape index (κ1) is 20.5. The fraction of sp³-hybridized carbons (Fsp3) is 0.304. The summed E-state index contributed by atoms with van der Waals surface area (Å²) in [7, 11) is 0. The van der Waals surface area contributed by atoms with E-state index in [1.807, 2.05) is 24.3 Å². The molecule has 6 nitrogen and oxygen atoms in total. The summed E-state index contributed by atoms with van der Waals surface area (Å²) >= 11 is 0. The summed E-state index contributed by atoms with van der Waals surface area (Å²) in [5, 5.41) is 11.2. The van der Waals surface area contributed by atoms with Crippen molar-refractivity contribution in [2.75, 3.05) is 41.3 Å². The molecule has 0 atom stereocenters. The van der Waals surface area contributed by atoms with Crippen LogP contribution in [0, 0.1) is 0 Å². The summed E-state index contributed by atoms with van der Waals surface area (Å²) in [4.78, 5) is 26.8. The van der Waals surface area contributed by atoms with Crippen LogP contribution in [0.1, 0.15) is 25.3 Å². The van der Waals surface area contributed by atoms with E-state index in [0.717, 1.165) is 44.0 Å². The maximum absolute atomic E-state index is 11.7. The third kappa shape index (κ3) is 5.60. The average molecular weight is 393 g/mol. The number of carbonyl (C=O) groups excluding carboxylic acids is 1. The first-order valence-corrected chi connectivity index (χ1v) is 9.84. The van der Waals surface area contributed by atoms with E-state index in [-0.39, 0.29) is 0 Å². The summed E-state index contributed by atoms with van der Waals surface area (Å²) in [5.74, 6) is -1.07. The summed E-state index contributed by atoms with van der Waals surface area (Å²) in [6, 6.07) is 16.5. The average Bonchev–Trinajstić information content (AvgIpc) is 2.73. The van der Waals surface area contributed by atoms with E-state index >= 15 is 0 Å². The molecule has 2 N–H and O–H groups in total. The molecule has 1 saturated heterocycles. The van der Waals surface area contributed by atoms with Crippen LogP contribution in [0.15, 0.2) is 60.7 Å². The number of nitrogens with zero attached hydrogens (tertiary/aromatic N) is 2. The van der Waals surface area contributed by atoms with Crippen molar-refractivity contribution in [3.63, 3.8) is 0 Å². The van der Waals surface area contributed by atoms with Crippen LogP contribution < -0.4 is 15.1 Å². The number of hydrogen-bond acceptors (Lipinski definition) is 4. The molecule has 29 heavy (non-hydrogen) atoms. The first-order valence-electron chi connectivity index (χ1n) is 9.84. The Labute approximate surface area is 171 Å². The van der Waals surface area contributed by atoms with Crippen LogP contribution in [0.3, 0.4) is 0 Å². The van der Waals surface area contributed by atoms with Gasteiger partial charge in [0.2, 0.25) is 5.91 Å². The number of carboxylic acid groups (broad SMARTS) is 1. The van der Waals surface area contributed by atoms with Crippen molar-refractivity contribution in [3.8, 4) is 0 Å². The van der Waals surface area contributed by atoms with Gasteiger partial charge in [0.25, 0.3) is 0 Å². The summed E-state index contributed by atoms with van der Waals surface area (Å²) in [5.41, 5.74) is 4.37. The van der Waals surface area contributed by atoms with Crippen molar-refractivity contribution < 1.29 is 14.7 Å². The Kier molecular flexibility index (Phi) is 6.54. The summed E-state index contributed by atoms with van der Waals surface area (Å²) < 4.78 is 0. The van der Waals surface area contributed by atoms with Gasteiger partial charge in [0.05, 0.1) is 0 Å². The second-order valence-corrected chi connectivity index (χ2v) is 7.43. The van der Waals surface area contributed by atoms with Crippen LogP contribution in [0.2, 0.25) is 0 Å². The van der Waals surface area contributed by atoms with Crippen molar-refractivity contribution in [1.82, 2.24) is 0 Å². The van der Waals surface area contributed by atoms with Crippen molar-refractivity contribution in [2.45, 2.75) is 19.8 Å². The lowest BCUT2D eigenvalue weighted by Crippen LogP contribution is -2.46. The van der Waals surface area contributed by atoms with Gasteiger partial charge >= 0.3 is 5.97 Å². The largest absolute Gasteiger partial charge is 0.478 e. The molecular weight excluding hydrogens is 366 g/mol. The fourth-order valence-electron chi connectivity index (χ4n) is 3.38. The minimum absolute atomic E-state index is 0.461. The zero-order chi connectivity index (χ0) is 20.8. The Morgan fingerprint density at radius 3 is 1.79 bits per heavy atom. The van der Waals surface area contributed by atoms with Crippen LogP contribution >= 0.6 is 0 Å². The number of carboxylic acids is 1. The Morgan fingerprint density at radius 1 is 0.862 bits per heavy atom. The van der Waals surface area contributed by atoms with E-state index in [2.05, 4.69) is 53.2 Å². The van der Waals surface area contributed by atoms with Crippen LogP contribution in [-0.4, -0.2) is 43.2 Å². The van der Waals surface area contributed by atoms with Crippen molar-refractivity contribution in [3.05, 3.63) is 66.2 Å². The Balaban J connectivity index is 1.54. The second-order valence-electron chi connectivity index (χ2n) is 7.43. The van der Waals surface area contributed by atoms with E-state index in [4.69, 9.17) is 5.11 Å². The number of amides is 1. The number of anilines is 3. The predicted molar refractivity (Wildman–Crippen MR) is 117 cm³/mol. The Morgan fingerprint density at radius 2 is 1.34 bits per heavy atom. The Hall–Kier alpha value is -3.28. The summed E-state index contributed by atoms with van der Waals surface area (Å²) in [6.07, 6.45) is 1.82. The maximum atomic E-state index is 11.7. The lowest BCUT2D eigenvalue weighted by atomic mass is 10.0. The molecule has 0 aromatic heterocycles. The van der Waals surface area contributed by atoms with Gasteiger partial charge in [-0.15, -0.1) is 0 Å². The fourth-order valence-corrected chi connectivity index (χ4v) is 3.38. The van der Waals surface area contributed by atoms with E-state index in [1.54, 1.807) is 0 Å². The highest BCUT2D eigenvalue weighted by Gasteiger charge is 2.17. The zero-order valence-corrected chi connectivity index (χ0v) is 16.8.